The molecule has 0 atom stereocenters. The van der Waals surface area contributed by atoms with Crippen molar-refractivity contribution < 1.29 is 4.74 Å². The van der Waals surface area contributed by atoms with Crippen molar-refractivity contribution in [3.05, 3.63) is 48.0 Å². The molecule has 2 aromatic carbocycles. The molecule has 3 aromatic rings. The fourth-order valence-electron chi connectivity index (χ4n) is 3.85. The maximum atomic E-state index is 5.40. The van der Waals surface area contributed by atoms with Crippen molar-refractivity contribution in [2.24, 2.45) is 0 Å². The zero-order valence-electron chi connectivity index (χ0n) is 15.0. The minimum atomic E-state index is 0.873. The van der Waals surface area contributed by atoms with Gasteiger partial charge in [-0.1, -0.05) is 24.3 Å². The van der Waals surface area contributed by atoms with Crippen molar-refractivity contribution in [2.75, 3.05) is 39.4 Å². The van der Waals surface area contributed by atoms with E-state index in [0.717, 1.165) is 52.5 Å². The van der Waals surface area contributed by atoms with Crippen molar-refractivity contribution in [3.63, 3.8) is 0 Å². The van der Waals surface area contributed by atoms with Crippen LogP contribution in [-0.4, -0.2) is 48.9 Å². The molecular weight excluding hydrogens is 310 g/mol. The number of morpholine rings is 1. The second kappa shape index (κ2) is 7.56. The molecule has 2 heterocycles. The lowest BCUT2D eigenvalue weighted by Crippen LogP contribution is -2.40. The monoisotopic (exact) mass is 337 g/mol. The Kier molecular flexibility index (Phi) is 5.02. The highest BCUT2D eigenvalue weighted by atomic mass is 16.5. The number of hydrogen-bond acceptors (Lipinski definition) is 3. The maximum absolute atomic E-state index is 5.40. The molecule has 1 N–H and O–H groups in total. The van der Waals surface area contributed by atoms with Gasteiger partial charge in [-0.2, -0.15) is 0 Å². The number of rotatable bonds is 6. The molecule has 132 valence electrons. The average Bonchev–Trinajstić information content (AvgIpc) is 2.99. The molecule has 0 spiro atoms. The minimum absolute atomic E-state index is 0.873. The first-order valence-corrected chi connectivity index (χ1v) is 9.37. The standard InChI is InChI=1S/C21H27N3O/c1-2-24-20-6-4-3-5-18(20)19-15-17(7-8-21(19)24)16-22-9-10-23-11-13-25-14-12-23/h3-8,15,22H,2,9-14,16H2,1H3. The largest absolute Gasteiger partial charge is 0.379 e. The SMILES string of the molecule is CCn1c2ccccc2c2cc(CNCCN3CCOCC3)ccc21. The summed E-state index contributed by atoms with van der Waals surface area (Å²) in [5.74, 6) is 0. The van der Waals surface area contributed by atoms with E-state index in [1.165, 1.54) is 27.4 Å². The lowest BCUT2D eigenvalue weighted by atomic mass is 10.1. The fourth-order valence-corrected chi connectivity index (χ4v) is 3.85. The topological polar surface area (TPSA) is 29.4 Å². The molecule has 1 saturated heterocycles. The van der Waals surface area contributed by atoms with Crippen LogP contribution in [0, 0.1) is 0 Å². The molecule has 0 radical (unpaired) electrons. The van der Waals surface area contributed by atoms with Gasteiger partial charge in [0.15, 0.2) is 0 Å². The van der Waals surface area contributed by atoms with Crippen molar-refractivity contribution in [3.8, 4) is 0 Å². The van der Waals surface area contributed by atoms with Gasteiger partial charge in [0.25, 0.3) is 0 Å². The van der Waals surface area contributed by atoms with E-state index in [9.17, 15) is 0 Å². The van der Waals surface area contributed by atoms with Crippen molar-refractivity contribution in [1.82, 2.24) is 14.8 Å². The van der Waals surface area contributed by atoms with Gasteiger partial charge >= 0.3 is 0 Å². The predicted molar refractivity (Wildman–Crippen MR) is 104 cm³/mol. The quantitative estimate of drug-likeness (QED) is 0.700. The van der Waals surface area contributed by atoms with E-state index in [0.29, 0.717) is 0 Å². The summed E-state index contributed by atoms with van der Waals surface area (Å²) in [6.45, 7) is 10.1. The smallest absolute Gasteiger partial charge is 0.0594 e. The molecule has 0 amide bonds. The molecule has 4 heteroatoms. The van der Waals surface area contributed by atoms with E-state index in [4.69, 9.17) is 4.74 Å². The van der Waals surface area contributed by atoms with Gasteiger partial charge in [0, 0.05) is 61.1 Å². The highest BCUT2D eigenvalue weighted by Gasteiger charge is 2.11. The summed E-state index contributed by atoms with van der Waals surface area (Å²) in [4.78, 5) is 2.47. The van der Waals surface area contributed by atoms with Crippen LogP contribution in [-0.2, 0) is 17.8 Å². The Hall–Kier alpha value is -1.88. The number of nitrogens with one attached hydrogen (secondary N) is 1. The Morgan fingerprint density at radius 2 is 1.80 bits per heavy atom. The number of hydrogen-bond donors (Lipinski definition) is 1. The first-order chi connectivity index (χ1) is 12.4. The highest BCUT2D eigenvalue weighted by Crippen LogP contribution is 2.29. The zero-order valence-corrected chi connectivity index (χ0v) is 15.0. The Labute approximate surface area is 149 Å². The lowest BCUT2D eigenvalue weighted by Gasteiger charge is -2.26. The number of ether oxygens (including phenoxy) is 1. The van der Waals surface area contributed by atoms with Crippen LogP contribution in [0.1, 0.15) is 12.5 Å². The van der Waals surface area contributed by atoms with E-state index in [-0.39, 0.29) is 0 Å². The highest BCUT2D eigenvalue weighted by molar-refractivity contribution is 6.08. The van der Waals surface area contributed by atoms with Crippen LogP contribution in [0.5, 0.6) is 0 Å². The van der Waals surface area contributed by atoms with Gasteiger partial charge in [0.1, 0.15) is 0 Å². The zero-order chi connectivity index (χ0) is 17.1. The summed E-state index contributed by atoms with van der Waals surface area (Å²) < 4.78 is 7.80. The fraction of sp³-hybridized carbons (Fsp3) is 0.429. The summed E-state index contributed by atoms with van der Waals surface area (Å²) in [5.41, 5.74) is 4.02. The summed E-state index contributed by atoms with van der Waals surface area (Å²) >= 11 is 0. The predicted octanol–water partition coefficient (Wildman–Crippen LogP) is 3.24. The van der Waals surface area contributed by atoms with E-state index >= 15 is 0 Å². The van der Waals surface area contributed by atoms with Crippen LogP contribution in [0.2, 0.25) is 0 Å². The normalized spacial score (nSPS) is 16.0. The van der Waals surface area contributed by atoms with Gasteiger partial charge in [-0.3, -0.25) is 4.90 Å². The van der Waals surface area contributed by atoms with E-state index in [1.807, 2.05) is 0 Å². The third kappa shape index (κ3) is 3.43. The van der Waals surface area contributed by atoms with Crippen LogP contribution >= 0.6 is 0 Å². The molecule has 1 aromatic heterocycles. The summed E-state index contributed by atoms with van der Waals surface area (Å²) in [7, 11) is 0. The van der Waals surface area contributed by atoms with Crippen molar-refractivity contribution in [2.45, 2.75) is 20.0 Å². The number of fused-ring (bicyclic) bond motifs is 3. The van der Waals surface area contributed by atoms with Gasteiger partial charge < -0.3 is 14.6 Å². The molecule has 4 rings (SSSR count). The summed E-state index contributed by atoms with van der Waals surface area (Å²) in [6, 6.07) is 15.6. The molecule has 1 fully saturated rings. The van der Waals surface area contributed by atoms with Crippen LogP contribution in [0.25, 0.3) is 21.8 Å². The number of para-hydroxylation sites is 1. The molecule has 0 bridgehead atoms. The van der Waals surface area contributed by atoms with E-state index in [2.05, 4.69) is 64.2 Å². The van der Waals surface area contributed by atoms with E-state index < -0.39 is 0 Å². The molecular formula is C21H27N3O. The van der Waals surface area contributed by atoms with Gasteiger partial charge in [-0.05, 0) is 30.7 Å². The Morgan fingerprint density at radius 3 is 2.64 bits per heavy atom. The maximum Gasteiger partial charge on any atom is 0.0594 e. The van der Waals surface area contributed by atoms with Gasteiger partial charge in [0.05, 0.1) is 13.2 Å². The van der Waals surface area contributed by atoms with E-state index in [1.54, 1.807) is 0 Å². The number of aromatic nitrogens is 1. The van der Waals surface area contributed by atoms with Crippen molar-refractivity contribution in [1.29, 1.82) is 0 Å². The summed E-state index contributed by atoms with van der Waals surface area (Å²) in [6.07, 6.45) is 0. The van der Waals surface area contributed by atoms with Crippen LogP contribution < -0.4 is 5.32 Å². The van der Waals surface area contributed by atoms with Crippen LogP contribution in [0.4, 0.5) is 0 Å². The third-order valence-corrected chi connectivity index (χ3v) is 5.19. The second-order valence-electron chi connectivity index (χ2n) is 6.74. The molecule has 1 aliphatic rings. The Morgan fingerprint density at radius 1 is 1.00 bits per heavy atom. The first-order valence-electron chi connectivity index (χ1n) is 9.37. The second-order valence-corrected chi connectivity index (χ2v) is 6.74. The van der Waals surface area contributed by atoms with Crippen LogP contribution in [0.3, 0.4) is 0 Å². The van der Waals surface area contributed by atoms with Crippen LogP contribution in [0.15, 0.2) is 42.5 Å². The van der Waals surface area contributed by atoms with Gasteiger partial charge in [0.2, 0.25) is 0 Å². The van der Waals surface area contributed by atoms with Crippen molar-refractivity contribution >= 4 is 21.8 Å². The lowest BCUT2D eigenvalue weighted by molar-refractivity contribution is 0.0384. The molecule has 4 nitrogen and oxygen atoms in total. The molecule has 0 saturated carbocycles. The molecule has 0 unspecified atom stereocenters. The molecule has 0 aliphatic carbocycles. The third-order valence-electron chi connectivity index (χ3n) is 5.19. The Balaban J connectivity index is 1.46. The number of nitrogens with zero attached hydrogens (tertiary/aromatic N) is 2. The number of aryl methyl sites for hydroxylation is 1. The minimum Gasteiger partial charge on any atom is -0.379 e. The average molecular weight is 337 g/mol. The Bertz CT molecular complexity index is 849. The summed E-state index contributed by atoms with van der Waals surface area (Å²) in [5, 5.41) is 6.31. The van der Waals surface area contributed by atoms with Gasteiger partial charge in [-0.15, -0.1) is 0 Å². The van der Waals surface area contributed by atoms with Gasteiger partial charge in [-0.25, -0.2) is 0 Å². The number of benzene rings is 2. The molecule has 25 heavy (non-hydrogen) atoms. The first kappa shape index (κ1) is 16.6. The molecule has 1 aliphatic heterocycles.